The summed E-state index contributed by atoms with van der Waals surface area (Å²) in [7, 11) is -2.00. The van der Waals surface area contributed by atoms with Crippen molar-refractivity contribution >= 4 is 37.5 Å². The lowest BCUT2D eigenvalue weighted by molar-refractivity contribution is -0.119. The minimum absolute atomic E-state index is 0.286. The van der Waals surface area contributed by atoms with E-state index in [9.17, 15) is 13.2 Å². The first-order valence-electron chi connectivity index (χ1n) is 7.42. The number of ether oxygens (including phenoxy) is 1. The third-order valence-corrected chi connectivity index (χ3v) is 5.07. The van der Waals surface area contributed by atoms with Crippen LogP contribution in [0.5, 0.6) is 5.75 Å². The summed E-state index contributed by atoms with van der Waals surface area (Å²) in [5.74, 6) is 0.342. The largest absolute Gasteiger partial charge is 0.497 e. The molecule has 0 saturated heterocycles. The number of nitrogens with one attached hydrogen (secondary N) is 1. The average Bonchev–Trinajstić information content (AvgIpc) is 2.57. The summed E-state index contributed by atoms with van der Waals surface area (Å²) < 4.78 is 31.0. The molecule has 0 spiro atoms. The standard InChI is InChI=1S/C17H19BrN2O4S/c1-24-16-8-6-13(7-9-16)11-19-17(21)12-20(25(2,22)23)15-5-3-4-14(18)10-15/h3-10H,11-12H2,1-2H3,(H,19,21). The van der Waals surface area contributed by atoms with Crippen LogP contribution in [0.2, 0.25) is 0 Å². The molecule has 0 aliphatic heterocycles. The molecular weight excluding hydrogens is 408 g/mol. The van der Waals surface area contributed by atoms with Crippen LogP contribution in [0.25, 0.3) is 0 Å². The van der Waals surface area contributed by atoms with Gasteiger partial charge in [-0.3, -0.25) is 9.10 Å². The molecule has 0 aliphatic rings. The Hall–Kier alpha value is -2.06. The van der Waals surface area contributed by atoms with Crippen molar-refractivity contribution in [3.63, 3.8) is 0 Å². The van der Waals surface area contributed by atoms with E-state index in [0.717, 1.165) is 26.3 Å². The summed E-state index contributed by atoms with van der Waals surface area (Å²) in [5, 5.41) is 2.73. The lowest BCUT2D eigenvalue weighted by Gasteiger charge is -2.22. The molecule has 2 aromatic carbocycles. The molecule has 6 nitrogen and oxygen atoms in total. The highest BCUT2D eigenvalue weighted by atomic mass is 79.9. The van der Waals surface area contributed by atoms with Gasteiger partial charge in [-0.25, -0.2) is 8.42 Å². The molecule has 0 aliphatic carbocycles. The summed E-state index contributed by atoms with van der Waals surface area (Å²) >= 11 is 3.30. The lowest BCUT2D eigenvalue weighted by atomic mass is 10.2. The van der Waals surface area contributed by atoms with E-state index >= 15 is 0 Å². The molecule has 0 fully saturated rings. The number of sulfonamides is 1. The zero-order valence-corrected chi connectivity index (χ0v) is 16.3. The summed E-state index contributed by atoms with van der Waals surface area (Å²) in [4.78, 5) is 12.2. The lowest BCUT2D eigenvalue weighted by Crippen LogP contribution is -2.40. The van der Waals surface area contributed by atoms with Crippen molar-refractivity contribution in [1.82, 2.24) is 5.32 Å². The van der Waals surface area contributed by atoms with Crippen molar-refractivity contribution in [2.45, 2.75) is 6.54 Å². The Balaban J connectivity index is 2.04. The first kappa shape index (κ1) is 19.3. The molecule has 1 amide bonds. The molecule has 25 heavy (non-hydrogen) atoms. The maximum Gasteiger partial charge on any atom is 0.241 e. The van der Waals surface area contributed by atoms with Crippen molar-refractivity contribution in [1.29, 1.82) is 0 Å². The van der Waals surface area contributed by atoms with Crippen LogP contribution in [0.1, 0.15) is 5.56 Å². The average molecular weight is 427 g/mol. The van der Waals surface area contributed by atoms with E-state index in [1.54, 1.807) is 43.5 Å². The van der Waals surface area contributed by atoms with Gasteiger partial charge in [0.05, 0.1) is 19.1 Å². The number of benzene rings is 2. The first-order chi connectivity index (χ1) is 11.8. The molecule has 0 heterocycles. The summed E-state index contributed by atoms with van der Waals surface area (Å²) in [6.07, 6.45) is 1.07. The number of halogens is 1. The van der Waals surface area contributed by atoms with Crippen LogP contribution in [0.4, 0.5) is 5.69 Å². The van der Waals surface area contributed by atoms with Crippen molar-refractivity contribution in [3.05, 3.63) is 58.6 Å². The Morgan fingerprint density at radius 1 is 1.20 bits per heavy atom. The predicted octanol–water partition coefficient (Wildman–Crippen LogP) is 2.54. The maximum absolute atomic E-state index is 12.2. The zero-order chi connectivity index (χ0) is 18.4. The fourth-order valence-corrected chi connectivity index (χ4v) is 3.40. The molecule has 0 aromatic heterocycles. The SMILES string of the molecule is COc1ccc(CNC(=O)CN(c2cccc(Br)c2)S(C)(=O)=O)cc1. The first-order valence-corrected chi connectivity index (χ1v) is 10.1. The molecule has 0 bridgehead atoms. The summed E-state index contributed by atoms with van der Waals surface area (Å²) in [5.41, 5.74) is 1.32. The Morgan fingerprint density at radius 3 is 2.44 bits per heavy atom. The third kappa shape index (κ3) is 5.75. The van der Waals surface area contributed by atoms with Gasteiger partial charge in [0.25, 0.3) is 0 Å². The Bertz CT molecular complexity index is 838. The van der Waals surface area contributed by atoms with Gasteiger partial charge in [-0.2, -0.15) is 0 Å². The molecule has 0 saturated carbocycles. The van der Waals surface area contributed by atoms with Crippen molar-refractivity contribution in [2.24, 2.45) is 0 Å². The van der Waals surface area contributed by atoms with Crippen LogP contribution in [0.15, 0.2) is 53.0 Å². The van der Waals surface area contributed by atoms with Gasteiger partial charge in [0, 0.05) is 11.0 Å². The topological polar surface area (TPSA) is 75.7 Å². The van der Waals surface area contributed by atoms with Gasteiger partial charge in [-0.15, -0.1) is 0 Å². The highest BCUT2D eigenvalue weighted by Crippen LogP contribution is 2.21. The number of hydrogen-bond donors (Lipinski definition) is 1. The normalized spacial score (nSPS) is 11.0. The molecule has 1 N–H and O–H groups in total. The van der Waals surface area contributed by atoms with Gasteiger partial charge in [-0.1, -0.05) is 34.1 Å². The number of carbonyl (C=O) groups excluding carboxylic acids is 1. The predicted molar refractivity (Wildman–Crippen MR) is 101 cm³/mol. The third-order valence-electron chi connectivity index (χ3n) is 3.43. The number of nitrogens with zero attached hydrogens (tertiary/aromatic N) is 1. The van der Waals surface area contributed by atoms with Crippen molar-refractivity contribution in [3.8, 4) is 5.75 Å². The maximum atomic E-state index is 12.2. The number of hydrogen-bond acceptors (Lipinski definition) is 4. The zero-order valence-electron chi connectivity index (χ0n) is 13.9. The van der Waals surface area contributed by atoms with Gasteiger partial charge in [0.2, 0.25) is 15.9 Å². The molecule has 2 aromatic rings. The second-order valence-electron chi connectivity index (χ2n) is 5.37. The molecule has 2 rings (SSSR count). The molecule has 8 heteroatoms. The Morgan fingerprint density at radius 2 is 1.88 bits per heavy atom. The number of amides is 1. The van der Waals surface area contributed by atoms with Gasteiger partial charge in [0.15, 0.2) is 0 Å². The van der Waals surface area contributed by atoms with E-state index in [4.69, 9.17) is 4.74 Å². The second-order valence-corrected chi connectivity index (χ2v) is 8.20. The van der Waals surface area contributed by atoms with E-state index in [2.05, 4.69) is 21.2 Å². The highest BCUT2D eigenvalue weighted by Gasteiger charge is 2.20. The monoisotopic (exact) mass is 426 g/mol. The fraction of sp³-hybridized carbons (Fsp3) is 0.235. The van der Waals surface area contributed by atoms with E-state index in [0.29, 0.717) is 12.2 Å². The number of carbonyl (C=O) groups is 1. The highest BCUT2D eigenvalue weighted by molar-refractivity contribution is 9.10. The molecule has 134 valence electrons. The Kier molecular flexibility index (Phi) is 6.44. The smallest absolute Gasteiger partial charge is 0.241 e. The van der Waals surface area contributed by atoms with Crippen LogP contribution in [0.3, 0.4) is 0 Å². The number of methoxy groups -OCH3 is 1. The van der Waals surface area contributed by atoms with Crippen LogP contribution in [0, 0.1) is 0 Å². The quantitative estimate of drug-likeness (QED) is 0.737. The van der Waals surface area contributed by atoms with Crippen LogP contribution in [-0.4, -0.2) is 34.2 Å². The van der Waals surface area contributed by atoms with Gasteiger partial charge >= 0.3 is 0 Å². The van der Waals surface area contributed by atoms with Crippen molar-refractivity contribution in [2.75, 3.05) is 24.2 Å². The molecule has 0 radical (unpaired) electrons. The number of rotatable bonds is 7. The second kappa shape index (κ2) is 8.35. The van der Waals surface area contributed by atoms with Gasteiger partial charge < -0.3 is 10.1 Å². The van der Waals surface area contributed by atoms with E-state index < -0.39 is 10.0 Å². The summed E-state index contributed by atoms with van der Waals surface area (Å²) in [6.45, 7) is 0.0182. The van der Waals surface area contributed by atoms with Crippen molar-refractivity contribution < 1.29 is 17.9 Å². The van der Waals surface area contributed by atoms with Gasteiger partial charge in [-0.05, 0) is 35.9 Å². The molecule has 0 atom stereocenters. The molecule has 0 unspecified atom stereocenters. The van der Waals surface area contributed by atoms with Crippen LogP contribution < -0.4 is 14.4 Å². The van der Waals surface area contributed by atoms with E-state index in [1.165, 1.54) is 0 Å². The minimum atomic E-state index is -3.59. The number of anilines is 1. The van der Waals surface area contributed by atoms with E-state index in [1.807, 2.05) is 12.1 Å². The summed E-state index contributed by atoms with van der Waals surface area (Å²) in [6, 6.07) is 14.1. The fourth-order valence-electron chi connectivity index (χ4n) is 2.16. The van der Waals surface area contributed by atoms with E-state index in [-0.39, 0.29) is 12.5 Å². The van der Waals surface area contributed by atoms with Crippen LogP contribution >= 0.6 is 15.9 Å². The van der Waals surface area contributed by atoms with Crippen LogP contribution in [-0.2, 0) is 21.4 Å². The Labute approximate surface area is 156 Å². The minimum Gasteiger partial charge on any atom is -0.497 e. The van der Waals surface area contributed by atoms with Gasteiger partial charge in [0.1, 0.15) is 12.3 Å². The molecular formula is C17H19BrN2O4S.